The smallest absolute Gasteiger partial charge is 0.242 e. The van der Waals surface area contributed by atoms with Gasteiger partial charge in [0.2, 0.25) is 27.6 Å². The summed E-state index contributed by atoms with van der Waals surface area (Å²) in [5.74, 6) is 1.21. The summed E-state index contributed by atoms with van der Waals surface area (Å²) in [6.07, 6.45) is 0.357. The summed E-state index contributed by atoms with van der Waals surface area (Å²) < 4.78 is 36.5. The fraction of sp³-hybridized carbons (Fsp3) is 0.318. The standard InChI is InChI=1S/C22H26N4O5S/c1-14-12-18(32(28,29)26(3)4)13-19(15(14)2)23-20(27)10-11-21-24-22(25-31-21)16-6-8-17(30-5)9-7-16/h6-9,12-13H,10-11H2,1-5H3,(H,23,27). The Morgan fingerprint density at radius 3 is 2.47 bits per heavy atom. The van der Waals surface area contributed by atoms with Crippen LogP contribution in [0.4, 0.5) is 5.69 Å². The van der Waals surface area contributed by atoms with E-state index in [0.29, 0.717) is 17.4 Å². The van der Waals surface area contributed by atoms with E-state index in [-0.39, 0.29) is 23.6 Å². The topological polar surface area (TPSA) is 115 Å². The zero-order valence-corrected chi connectivity index (χ0v) is 19.5. The van der Waals surface area contributed by atoms with Gasteiger partial charge >= 0.3 is 0 Å². The molecule has 0 atom stereocenters. The minimum Gasteiger partial charge on any atom is -0.497 e. The first kappa shape index (κ1) is 23.4. The monoisotopic (exact) mass is 458 g/mol. The Morgan fingerprint density at radius 1 is 1.16 bits per heavy atom. The van der Waals surface area contributed by atoms with Gasteiger partial charge in [0.1, 0.15) is 5.75 Å². The lowest BCUT2D eigenvalue weighted by molar-refractivity contribution is -0.116. The molecule has 0 saturated carbocycles. The van der Waals surface area contributed by atoms with Crippen LogP contribution >= 0.6 is 0 Å². The molecule has 0 aliphatic rings. The summed E-state index contributed by atoms with van der Waals surface area (Å²) >= 11 is 0. The summed E-state index contributed by atoms with van der Waals surface area (Å²) in [5.41, 5.74) is 2.80. The second kappa shape index (κ2) is 9.49. The molecule has 10 heteroatoms. The van der Waals surface area contributed by atoms with E-state index in [9.17, 15) is 13.2 Å². The number of ether oxygens (including phenoxy) is 1. The molecule has 0 spiro atoms. The van der Waals surface area contributed by atoms with Crippen molar-refractivity contribution >= 4 is 21.6 Å². The van der Waals surface area contributed by atoms with Crippen molar-refractivity contribution in [2.75, 3.05) is 26.5 Å². The predicted octanol–water partition coefficient (Wildman–Crippen LogP) is 3.18. The van der Waals surface area contributed by atoms with Gasteiger partial charge in [-0.05, 0) is 61.4 Å². The quantitative estimate of drug-likeness (QED) is 0.551. The van der Waals surface area contributed by atoms with E-state index in [1.54, 1.807) is 32.2 Å². The van der Waals surface area contributed by atoms with E-state index in [4.69, 9.17) is 9.26 Å². The van der Waals surface area contributed by atoms with E-state index in [1.807, 2.05) is 19.1 Å². The number of anilines is 1. The number of rotatable bonds is 8. The number of amides is 1. The van der Waals surface area contributed by atoms with Crippen molar-refractivity contribution in [1.29, 1.82) is 0 Å². The van der Waals surface area contributed by atoms with Crippen LogP contribution in [0.1, 0.15) is 23.4 Å². The average molecular weight is 459 g/mol. The number of benzene rings is 2. The maximum absolute atomic E-state index is 12.5. The van der Waals surface area contributed by atoms with Crippen LogP contribution in [-0.2, 0) is 21.2 Å². The van der Waals surface area contributed by atoms with Crippen LogP contribution in [0.2, 0.25) is 0 Å². The number of hydrogen-bond donors (Lipinski definition) is 1. The first-order chi connectivity index (χ1) is 15.1. The van der Waals surface area contributed by atoms with Crippen LogP contribution in [0.15, 0.2) is 45.8 Å². The summed E-state index contributed by atoms with van der Waals surface area (Å²) in [6.45, 7) is 3.63. The van der Waals surface area contributed by atoms with E-state index in [2.05, 4.69) is 15.5 Å². The maximum Gasteiger partial charge on any atom is 0.242 e. The Balaban J connectivity index is 1.68. The number of carbonyl (C=O) groups excluding carboxylic acids is 1. The van der Waals surface area contributed by atoms with Gasteiger partial charge in [-0.1, -0.05) is 5.16 Å². The third-order valence-electron chi connectivity index (χ3n) is 5.08. The SMILES string of the molecule is COc1ccc(-c2noc(CCC(=O)Nc3cc(S(=O)(=O)N(C)C)cc(C)c3C)n2)cc1. The van der Waals surface area contributed by atoms with Gasteiger partial charge in [-0.3, -0.25) is 4.79 Å². The third-order valence-corrected chi connectivity index (χ3v) is 6.87. The van der Waals surface area contributed by atoms with Gasteiger partial charge in [0.15, 0.2) is 0 Å². The second-order valence-corrected chi connectivity index (χ2v) is 9.64. The first-order valence-electron chi connectivity index (χ1n) is 9.92. The highest BCUT2D eigenvalue weighted by Gasteiger charge is 2.20. The molecule has 0 unspecified atom stereocenters. The van der Waals surface area contributed by atoms with Crippen LogP contribution < -0.4 is 10.1 Å². The average Bonchev–Trinajstić information content (AvgIpc) is 3.24. The van der Waals surface area contributed by atoms with Gasteiger partial charge in [-0.25, -0.2) is 12.7 Å². The van der Waals surface area contributed by atoms with E-state index >= 15 is 0 Å². The van der Waals surface area contributed by atoms with Crippen molar-refractivity contribution in [3.8, 4) is 17.1 Å². The predicted molar refractivity (Wildman–Crippen MR) is 120 cm³/mol. The Morgan fingerprint density at radius 2 is 1.84 bits per heavy atom. The van der Waals surface area contributed by atoms with Crippen molar-refractivity contribution in [3.63, 3.8) is 0 Å². The van der Waals surface area contributed by atoms with Gasteiger partial charge in [0.05, 0.1) is 12.0 Å². The number of nitrogens with one attached hydrogen (secondary N) is 1. The molecule has 0 fully saturated rings. The van der Waals surface area contributed by atoms with Crippen LogP contribution in [0.3, 0.4) is 0 Å². The number of carbonyl (C=O) groups is 1. The molecule has 1 amide bonds. The Kier molecular flexibility index (Phi) is 6.95. The summed E-state index contributed by atoms with van der Waals surface area (Å²) in [6, 6.07) is 10.3. The number of nitrogens with zero attached hydrogens (tertiary/aromatic N) is 3. The van der Waals surface area contributed by atoms with Crippen molar-refractivity contribution in [1.82, 2.24) is 14.4 Å². The minimum atomic E-state index is -3.62. The molecular weight excluding hydrogens is 432 g/mol. The van der Waals surface area contributed by atoms with E-state index < -0.39 is 10.0 Å². The molecule has 32 heavy (non-hydrogen) atoms. The highest BCUT2D eigenvalue weighted by Crippen LogP contribution is 2.26. The number of aryl methyl sites for hydroxylation is 2. The molecule has 3 aromatic rings. The zero-order chi connectivity index (χ0) is 23.5. The second-order valence-electron chi connectivity index (χ2n) is 7.49. The Hall–Kier alpha value is -3.24. The molecule has 0 aliphatic heterocycles. The van der Waals surface area contributed by atoms with Crippen molar-refractivity contribution in [2.24, 2.45) is 0 Å². The third kappa shape index (κ3) is 5.14. The summed E-state index contributed by atoms with van der Waals surface area (Å²) in [7, 11) is 0.904. The van der Waals surface area contributed by atoms with E-state index in [1.165, 1.54) is 20.2 Å². The van der Waals surface area contributed by atoms with Gasteiger partial charge in [0.25, 0.3) is 0 Å². The fourth-order valence-electron chi connectivity index (χ4n) is 2.96. The largest absolute Gasteiger partial charge is 0.497 e. The van der Waals surface area contributed by atoms with Crippen LogP contribution in [0, 0.1) is 13.8 Å². The highest BCUT2D eigenvalue weighted by molar-refractivity contribution is 7.89. The molecule has 0 radical (unpaired) electrons. The van der Waals surface area contributed by atoms with Gasteiger partial charge < -0.3 is 14.6 Å². The Bertz CT molecular complexity index is 1220. The Labute approximate surface area is 187 Å². The van der Waals surface area contributed by atoms with Crippen molar-refractivity contribution < 1.29 is 22.5 Å². The van der Waals surface area contributed by atoms with Gasteiger partial charge in [0, 0.05) is 38.2 Å². The zero-order valence-electron chi connectivity index (χ0n) is 18.7. The van der Waals surface area contributed by atoms with Crippen molar-refractivity contribution in [2.45, 2.75) is 31.6 Å². The minimum absolute atomic E-state index is 0.105. The van der Waals surface area contributed by atoms with Crippen LogP contribution in [0.5, 0.6) is 5.75 Å². The lowest BCUT2D eigenvalue weighted by Gasteiger charge is -2.16. The molecule has 170 valence electrons. The summed E-state index contributed by atoms with van der Waals surface area (Å²) in [4.78, 5) is 17.0. The molecule has 2 aromatic carbocycles. The number of aromatic nitrogens is 2. The molecule has 1 N–H and O–H groups in total. The van der Waals surface area contributed by atoms with Gasteiger partial charge in [-0.2, -0.15) is 4.98 Å². The molecule has 9 nitrogen and oxygen atoms in total. The number of methoxy groups -OCH3 is 1. The van der Waals surface area contributed by atoms with Gasteiger partial charge in [-0.15, -0.1) is 0 Å². The lowest BCUT2D eigenvalue weighted by Crippen LogP contribution is -2.23. The maximum atomic E-state index is 12.5. The van der Waals surface area contributed by atoms with Crippen LogP contribution in [-0.4, -0.2) is 50.0 Å². The molecule has 1 heterocycles. The molecular formula is C22H26N4O5S. The molecule has 0 saturated heterocycles. The van der Waals surface area contributed by atoms with Crippen LogP contribution in [0.25, 0.3) is 11.4 Å². The molecule has 3 rings (SSSR count). The first-order valence-corrected chi connectivity index (χ1v) is 11.4. The highest BCUT2D eigenvalue weighted by atomic mass is 32.2. The number of sulfonamides is 1. The summed E-state index contributed by atoms with van der Waals surface area (Å²) in [5, 5.41) is 6.75. The molecule has 1 aromatic heterocycles. The normalized spacial score (nSPS) is 11.6. The van der Waals surface area contributed by atoms with Crippen molar-refractivity contribution in [3.05, 3.63) is 53.4 Å². The number of hydrogen-bond acceptors (Lipinski definition) is 7. The molecule has 0 bridgehead atoms. The fourth-order valence-corrected chi connectivity index (χ4v) is 3.98. The van der Waals surface area contributed by atoms with E-state index in [0.717, 1.165) is 26.7 Å². The lowest BCUT2D eigenvalue weighted by atomic mass is 10.1. The molecule has 0 aliphatic carbocycles.